The summed E-state index contributed by atoms with van der Waals surface area (Å²) in [6, 6.07) is 71.9. The van der Waals surface area contributed by atoms with E-state index in [4.69, 9.17) is 9.97 Å². The van der Waals surface area contributed by atoms with Crippen LogP contribution in [0.15, 0.2) is 200 Å². The second-order valence-corrected chi connectivity index (χ2v) is 14.5. The lowest BCUT2D eigenvalue weighted by molar-refractivity contribution is 1.17. The van der Waals surface area contributed by atoms with E-state index in [1.54, 1.807) is 0 Å². The van der Waals surface area contributed by atoms with Crippen molar-refractivity contribution in [1.82, 2.24) is 19.1 Å². The smallest absolute Gasteiger partial charge is 0.160 e. The molecule has 8 aromatic carbocycles. The van der Waals surface area contributed by atoms with Gasteiger partial charge in [0.15, 0.2) is 5.82 Å². The van der Waals surface area contributed by atoms with Gasteiger partial charge in [0.25, 0.3) is 0 Å². The van der Waals surface area contributed by atoms with Crippen LogP contribution in [0, 0.1) is 11.3 Å². The average Bonchev–Trinajstić information content (AvgIpc) is 3.82. The standard InChI is InChI=1S/C53H33N5/c54-34-39-31-38(25-29-42(39)48-33-47(36-13-3-1-4-14-36)55-53(56-48)37-15-5-2-6-16-37)35-23-26-40(27-24-35)57-51-22-12-9-19-45(51)46-32-41(28-30-52(46)57)58-49-20-10-7-17-43(49)44-18-8-11-21-50(44)58/h1-33H. The Hall–Kier alpha value is -8.07. The number of hydrogen-bond acceptors (Lipinski definition) is 3. The van der Waals surface area contributed by atoms with Gasteiger partial charge in [0.05, 0.1) is 45.1 Å². The van der Waals surface area contributed by atoms with E-state index >= 15 is 0 Å². The third-order valence-corrected chi connectivity index (χ3v) is 11.2. The normalized spacial score (nSPS) is 11.4. The fourth-order valence-corrected chi connectivity index (χ4v) is 8.48. The van der Waals surface area contributed by atoms with E-state index in [2.05, 4.69) is 137 Å². The van der Waals surface area contributed by atoms with E-state index in [0.717, 1.165) is 55.9 Å². The molecule has 0 atom stereocenters. The van der Waals surface area contributed by atoms with Crippen LogP contribution in [0.3, 0.4) is 0 Å². The molecule has 0 aliphatic carbocycles. The fourth-order valence-electron chi connectivity index (χ4n) is 8.48. The third kappa shape index (κ3) is 5.47. The lowest BCUT2D eigenvalue weighted by Crippen LogP contribution is -1.97. The Morgan fingerprint density at radius 3 is 1.50 bits per heavy atom. The van der Waals surface area contributed by atoms with Crippen LogP contribution in [0.4, 0.5) is 0 Å². The van der Waals surface area contributed by atoms with Crippen molar-refractivity contribution in [2.45, 2.75) is 0 Å². The van der Waals surface area contributed by atoms with Crippen molar-refractivity contribution in [3.05, 3.63) is 206 Å². The highest BCUT2D eigenvalue weighted by molar-refractivity contribution is 6.12. The molecule has 3 aromatic heterocycles. The molecule has 0 unspecified atom stereocenters. The summed E-state index contributed by atoms with van der Waals surface area (Å²) in [4.78, 5) is 9.91. The highest BCUT2D eigenvalue weighted by Gasteiger charge is 2.18. The summed E-state index contributed by atoms with van der Waals surface area (Å²) in [6.45, 7) is 0. The number of benzene rings is 8. The molecule has 0 radical (unpaired) electrons. The molecule has 270 valence electrons. The molecule has 0 saturated heterocycles. The Morgan fingerprint density at radius 1 is 0.362 bits per heavy atom. The maximum atomic E-state index is 10.5. The Morgan fingerprint density at radius 2 is 0.862 bits per heavy atom. The van der Waals surface area contributed by atoms with Gasteiger partial charge in [-0.2, -0.15) is 5.26 Å². The second-order valence-electron chi connectivity index (χ2n) is 14.5. The Bertz CT molecular complexity index is 3280. The summed E-state index contributed by atoms with van der Waals surface area (Å²) >= 11 is 0. The van der Waals surface area contributed by atoms with Crippen molar-refractivity contribution in [2.24, 2.45) is 0 Å². The number of nitrogens with zero attached hydrogens (tertiary/aromatic N) is 5. The molecular formula is C53H33N5. The summed E-state index contributed by atoms with van der Waals surface area (Å²) < 4.78 is 4.72. The molecule has 0 amide bonds. The number of para-hydroxylation sites is 3. The molecule has 3 heterocycles. The monoisotopic (exact) mass is 739 g/mol. The van der Waals surface area contributed by atoms with Crippen molar-refractivity contribution in [2.75, 3.05) is 0 Å². The van der Waals surface area contributed by atoms with E-state index in [1.807, 2.05) is 78.9 Å². The molecule has 0 aliphatic rings. The van der Waals surface area contributed by atoms with Crippen LogP contribution < -0.4 is 0 Å². The van der Waals surface area contributed by atoms with Gasteiger partial charge in [-0.15, -0.1) is 0 Å². The summed E-state index contributed by atoms with van der Waals surface area (Å²) in [5.74, 6) is 0.619. The van der Waals surface area contributed by atoms with Gasteiger partial charge in [-0.3, -0.25) is 0 Å². The van der Waals surface area contributed by atoms with Crippen LogP contribution in [0.5, 0.6) is 0 Å². The van der Waals surface area contributed by atoms with Crippen LogP contribution in [-0.4, -0.2) is 19.1 Å². The molecule has 0 spiro atoms. The maximum absolute atomic E-state index is 10.5. The molecule has 5 heteroatoms. The number of aromatic nitrogens is 4. The highest BCUT2D eigenvalue weighted by atomic mass is 15.0. The Balaban J connectivity index is 0.979. The number of hydrogen-bond donors (Lipinski definition) is 0. The zero-order chi connectivity index (χ0) is 38.6. The summed E-state index contributed by atoms with van der Waals surface area (Å²) in [6.07, 6.45) is 0. The van der Waals surface area contributed by atoms with Gasteiger partial charge in [-0.25, -0.2) is 9.97 Å². The largest absolute Gasteiger partial charge is 0.309 e. The van der Waals surface area contributed by atoms with E-state index in [-0.39, 0.29) is 0 Å². The molecule has 5 nitrogen and oxygen atoms in total. The van der Waals surface area contributed by atoms with E-state index in [0.29, 0.717) is 17.1 Å². The van der Waals surface area contributed by atoms with E-state index < -0.39 is 0 Å². The topological polar surface area (TPSA) is 59.4 Å². The molecule has 0 bridgehead atoms. The van der Waals surface area contributed by atoms with Crippen LogP contribution in [-0.2, 0) is 0 Å². The molecular weight excluding hydrogens is 707 g/mol. The maximum Gasteiger partial charge on any atom is 0.160 e. The molecule has 58 heavy (non-hydrogen) atoms. The van der Waals surface area contributed by atoms with Crippen molar-refractivity contribution in [3.8, 4) is 62.5 Å². The summed E-state index contributed by atoms with van der Waals surface area (Å²) in [5, 5.41) is 15.4. The van der Waals surface area contributed by atoms with Crippen LogP contribution in [0.25, 0.3) is 100 Å². The molecule has 11 rings (SSSR count). The minimum absolute atomic E-state index is 0.555. The second kappa shape index (κ2) is 13.6. The quantitative estimate of drug-likeness (QED) is 0.171. The lowest BCUT2D eigenvalue weighted by atomic mass is 9.97. The van der Waals surface area contributed by atoms with Crippen LogP contribution >= 0.6 is 0 Å². The van der Waals surface area contributed by atoms with Gasteiger partial charge in [0.2, 0.25) is 0 Å². The third-order valence-electron chi connectivity index (χ3n) is 11.2. The zero-order valence-corrected chi connectivity index (χ0v) is 31.3. The van der Waals surface area contributed by atoms with E-state index in [1.165, 1.54) is 32.6 Å². The molecule has 0 fully saturated rings. The predicted octanol–water partition coefficient (Wildman–Crippen LogP) is 13.2. The van der Waals surface area contributed by atoms with Gasteiger partial charge < -0.3 is 9.13 Å². The summed E-state index contributed by atoms with van der Waals surface area (Å²) in [7, 11) is 0. The fraction of sp³-hybridized carbons (Fsp3) is 0. The first-order valence-corrected chi connectivity index (χ1v) is 19.4. The SMILES string of the molecule is N#Cc1cc(-c2ccc(-n3c4ccccc4c4cc(-n5c6ccccc6c6ccccc65)ccc43)cc2)ccc1-c1cc(-c2ccccc2)nc(-c2ccccc2)n1. The first-order chi connectivity index (χ1) is 28.7. The predicted molar refractivity (Wildman–Crippen MR) is 237 cm³/mol. The Kier molecular flexibility index (Phi) is 7.80. The van der Waals surface area contributed by atoms with Crippen molar-refractivity contribution in [3.63, 3.8) is 0 Å². The van der Waals surface area contributed by atoms with Crippen molar-refractivity contribution in [1.29, 1.82) is 5.26 Å². The van der Waals surface area contributed by atoms with Gasteiger partial charge in [-0.1, -0.05) is 140 Å². The van der Waals surface area contributed by atoms with Crippen molar-refractivity contribution >= 4 is 43.6 Å². The lowest BCUT2D eigenvalue weighted by Gasteiger charge is -2.12. The van der Waals surface area contributed by atoms with Crippen molar-refractivity contribution < 1.29 is 0 Å². The number of fused-ring (bicyclic) bond motifs is 6. The van der Waals surface area contributed by atoms with Crippen LogP contribution in [0.2, 0.25) is 0 Å². The minimum Gasteiger partial charge on any atom is -0.309 e. The summed E-state index contributed by atoms with van der Waals surface area (Å²) in [5.41, 5.74) is 13.6. The van der Waals surface area contributed by atoms with Gasteiger partial charge in [0, 0.05) is 49.6 Å². The zero-order valence-electron chi connectivity index (χ0n) is 31.3. The molecule has 11 aromatic rings. The van der Waals surface area contributed by atoms with Gasteiger partial charge in [-0.05, 0) is 71.8 Å². The van der Waals surface area contributed by atoms with Gasteiger partial charge >= 0.3 is 0 Å². The molecule has 0 saturated carbocycles. The molecule has 0 N–H and O–H groups in total. The molecule has 0 aliphatic heterocycles. The first kappa shape index (κ1) is 33.3. The Labute approximate surface area is 335 Å². The first-order valence-electron chi connectivity index (χ1n) is 19.4. The minimum atomic E-state index is 0.555. The van der Waals surface area contributed by atoms with E-state index in [9.17, 15) is 5.26 Å². The highest BCUT2D eigenvalue weighted by Crippen LogP contribution is 2.38. The van der Waals surface area contributed by atoms with Gasteiger partial charge in [0.1, 0.15) is 0 Å². The number of rotatable bonds is 6. The number of nitriles is 1. The average molecular weight is 740 g/mol. The van der Waals surface area contributed by atoms with Crippen LogP contribution in [0.1, 0.15) is 5.56 Å².